The van der Waals surface area contributed by atoms with E-state index in [-0.39, 0.29) is 23.8 Å². The second-order valence-electron chi connectivity index (χ2n) is 5.11. The molecule has 0 aliphatic carbocycles. The molecular weight excluding hydrogens is 250 g/mol. The van der Waals surface area contributed by atoms with E-state index in [1.54, 1.807) is 0 Å². The van der Waals surface area contributed by atoms with Crippen molar-refractivity contribution in [1.82, 2.24) is 9.80 Å². The van der Waals surface area contributed by atoms with Crippen LogP contribution in [0.15, 0.2) is 18.2 Å². The van der Waals surface area contributed by atoms with Crippen LogP contribution in [0.25, 0.3) is 0 Å². The SMILES string of the molecule is CN1CCN(C)C(C(=O)Cc2cccc(F)c2F)C1. The zero-order valence-electron chi connectivity index (χ0n) is 11.2. The molecule has 1 aliphatic rings. The van der Waals surface area contributed by atoms with Crippen LogP contribution < -0.4 is 0 Å². The minimum Gasteiger partial charge on any atom is -0.303 e. The Balaban J connectivity index is 2.10. The van der Waals surface area contributed by atoms with Crippen molar-refractivity contribution in [3.8, 4) is 0 Å². The summed E-state index contributed by atoms with van der Waals surface area (Å²) in [6.07, 6.45) is -0.0631. The highest BCUT2D eigenvalue weighted by Crippen LogP contribution is 2.15. The molecular formula is C14H18F2N2O. The van der Waals surface area contributed by atoms with Gasteiger partial charge in [0.2, 0.25) is 0 Å². The maximum absolute atomic E-state index is 13.6. The molecule has 1 aromatic carbocycles. The molecule has 0 amide bonds. The van der Waals surface area contributed by atoms with Crippen LogP contribution >= 0.6 is 0 Å². The Bertz CT molecular complexity index is 479. The number of hydrogen-bond donors (Lipinski definition) is 0. The van der Waals surface area contributed by atoms with Crippen LogP contribution in [0.4, 0.5) is 8.78 Å². The van der Waals surface area contributed by atoms with Crippen molar-refractivity contribution in [3.63, 3.8) is 0 Å². The van der Waals surface area contributed by atoms with Crippen molar-refractivity contribution in [2.75, 3.05) is 33.7 Å². The summed E-state index contributed by atoms with van der Waals surface area (Å²) in [4.78, 5) is 16.3. The van der Waals surface area contributed by atoms with Gasteiger partial charge >= 0.3 is 0 Å². The third-order valence-electron chi connectivity index (χ3n) is 3.62. The first-order chi connectivity index (χ1) is 8.99. The number of Topliss-reactive ketones (excluding diaryl/α,β-unsaturated/α-hetero) is 1. The van der Waals surface area contributed by atoms with Crippen molar-refractivity contribution in [3.05, 3.63) is 35.4 Å². The van der Waals surface area contributed by atoms with Crippen LogP contribution in [0.3, 0.4) is 0 Å². The lowest BCUT2D eigenvalue weighted by molar-refractivity contribution is -0.125. The van der Waals surface area contributed by atoms with Crippen molar-refractivity contribution < 1.29 is 13.6 Å². The van der Waals surface area contributed by atoms with E-state index < -0.39 is 11.6 Å². The average molecular weight is 268 g/mol. The molecule has 0 aromatic heterocycles. The Hall–Kier alpha value is -1.33. The van der Waals surface area contributed by atoms with Gasteiger partial charge in [-0.25, -0.2) is 8.78 Å². The normalized spacial score (nSPS) is 21.6. The van der Waals surface area contributed by atoms with Crippen LogP contribution in [0.2, 0.25) is 0 Å². The second kappa shape index (κ2) is 5.75. The number of likely N-dealkylation sites (N-methyl/N-ethyl adjacent to an activating group) is 2. The van der Waals surface area contributed by atoms with E-state index >= 15 is 0 Å². The maximum Gasteiger partial charge on any atom is 0.162 e. The molecule has 5 heteroatoms. The highest BCUT2D eigenvalue weighted by atomic mass is 19.2. The topological polar surface area (TPSA) is 23.6 Å². The monoisotopic (exact) mass is 268 g/mol. The summed E-state index contributed by atoms with van der Waals surface area (Å²) < 4.78 is 26.7. The van der Waals surface area contributed by atoms with Gasteiger partial charge in [0.1, 0.15) is 0 Å². The van der Waals surface area contributed by atoms with Crippen molar-refractivity contribution >= 4 is 5.78 Å². The predicted octanol–water partition coefficient (Wildman–Crippen LogP) is 1.32. The molecule has 1 aromatic rings. The number of halogens is 2. The van der Waals surface area contributed by atoms with Crippen LogP contribution in [0.5, 0.6) is 0 Å². The lowest BCUT2D eigenvalue weighted by Gasteiger charge is -2.36. The van der Waals surface area contributed by atoms with Gasteiger partial charge in [0.05, 0.1) is 6.04 Å². The highest BCUT2D eigenvalue weighted by molar-refractivity contribution is 5.86. The maximum atomic E-state index is 13.6. The third-order valence-corrected chi connectivity index (χ3v) is 3.62. The minimum atomic E-state index is -0.914. The Morgan fingerprint density at radius 3 is 2.79 bits per heavy atom. The van der Waals surface area contributed by atoms with Gasteiger partial charge in [-0.15, -0.1) is 0 Å². The zero-order chi connectivity index (χ0) is 14.0. The molecule has 0 saturated carbocycles. The number of hydrogen-bond acceptors (Lipinski definition) is 3. The lowest BCUT2D eigenvalue weighted by atomic mass is 10.0. The van der Waals surface area contributed by atoms with Gasteiger partial charge in [0.25, 0.3) is 0 Å². The number of carbonyl (C=O) groups is 1. The van der Waals surface area contributed by atoms with Gasteiger partial charge in [0, 0.05) is 26.1 Å². The molecule has 0 N–H and O–H groups in total. The van der Waals surface area contributed by atoms with Crippen LogP contribution in [0.1, 0.15) is 5.56 Å². The second-order valence-corrected chi connectivity index (χ2v) is 5.11. The van der Waals surface area contributed by atoms with E-state index in [0.29, 0.717) is 6.54 Å². The fourth-order valence-electron chi connectivity index (χ4n) is 2.35. The van der Waals surface area contributed by atoms with E-state index in [1.165, 1.54) is 12.1 Å². The third kappa shape index (κ3) is 3.16. The Morgan fingerprint density at radius 2 is 2.05 bits per heavy atom. The van der Waals surface area contributed by atoms with Gasteiger partial charge in [-0.05, 0) is 25.7 Å². The highest BCUT2D eigenvalue weighted by Gasteiger charge is 2.28. The van der Waals surface area contributed by atoms with Gasteiger partial charge in [-0.3, -0.25) is 9.69 Å². The van der Waals surface area contributed by atoms with Crippen molar-refractivity contribution in [1.29, 1.82) is 0 Å². The van der Waals surface area contributed by atoms with Crippen molar-refractivity contribution in [2.45, 2.75) is 12.5 Å². The molecule has 1 atom stereocenters. The fourth-order valence-corrected chi connectivity index (χ4v) is 2.35. The molecule has 1 heterocycles. The van der Waals surface area contributed by atoms with E-state index in [2.05, 4.69) is 4.90 Å². The summed E-state index contributed by atoms with van der Waals surface area (Å²) in [5.74, 6) is -1.89. The summed E-state index contributed by atoms with van der Waals surface area (Å²) >= 11 is 0. The Kier molecular flexibility index (Phi) is 4.27. The molecule has 1 aliphatic heterocycles. The zero-order valence-corrected chi connectivity index (χ0v) is 11.2. The first-order valence-electron chi connectivity index (χ1n) is 6.33. The average Bonchev–Trinajstić information content (AvgIpc) is 2.38. The molecule has 19 heavy (non-hydrogen) atoms. The summed E-state index contributed by atoms with van der Waals surface area (Å²) in [7, 11) is 3.84. The summed E-state index contributed by atoms with van der Waals surface area (Å²) in [5, 5.41) is 0. The largest absolute Gasteiger partial charge is 0.303 e. The first-order valence-corrected chi connectivity index (χ1v) is 6.33. The molecule has 2 rings (SSSR count). The van der Waals surface area contributed by atoms with Crippen LogP contribution in [0, 0.1) is 11.6 Å². The van der Waals surface area contributed by atoms with E-state index in [0.717, 1.165) is 19.2 Å². The molecule has 3 nitrogen and oxygen atoms in total. The number of rotatable bonds is 3. The van der Waals surface area contributed by atoms with E-state index in [4.69, 9.17) is 0 Å². The van der Waals surface area contributed by atoms with Crippen LogP contribution in [-0.4, -0.2) is 55.4 Å². The Morgan fingerprint density at radius 1 is 1.32 bits per heavy atom. The number of carbonyl (C=O) groups excluding carboxylic acids is 1. The fraction of sp³-hybridized carbons (Fsp3) is 0.500. The predicted molar refractivity (Wildman–Crippen MR) is 69.0 cm³/mol. The quantitative estimate of drug-likeness (QED) is 0.826. The molecule has 1 unspecified atom stereocenters. The molecule has 0 spiro atoms. The number of ketones is 1. The number of nitrogens with zero attached hydrogens (tertiary/aromatic N) is 2. The van der Waals surface area contributed by atoms with Gasteiger partial charge in [-0.1, -0.05) is 12.1 Å². The molecule has 1 fully saturated rings. The smallest absolute Gasteiger partial charge is 0.162 e. The lowest BCUT2D eigenvalue weighted by Crippen LogP contribution is -2.53. The first kappa shape index (κ1) is 14.1. The summed E-state index contributed by atoms with van der Waals surface area (Å²) in [6.45, 7) is 2.35. The molecule has 0 bridgehead atoms. The van der Waals surface area contributed by atoms with Crippen molar-refractivity contribution in [2.24, 2.45) is 0 Å². The molecule has 1 saturated heterocycles. The molecule has 104 valence electrons. The van der Waals surface area contributed by atoms with E-state index in [1.807, 2.05) is 19.0 Å². The standard InChI is InChI=1S/C14H18F2N2O/c1-17-6-7-18(2)12(9-17)13(19)8-10-4-3-5-11(15)14(10)16/h3-5,12H,6-9H2,1-2H3. The Labute approximate surface area is 111 Å². The molecule has 0 radical (unpaired) electrons. The van der Waals surface area contributed by atoms with Gasteiger partial charge in [-0.2, -0.15) is 0 Å². The summed E-state index contributed by atoms with van der Waals surface area (Å²) in [5.41, 5.74) is 0.131. The van der Waals surface area contributed by atoms with Gasteiger partial charge < -0.3 is 4.90 Å². The number of piperazine rings is 1. The van der Waals surface area contributed by atoms with E-state index in [9.17, 15) is 13.6 Å². The summed E-state index contributed by atoms with van der Waals surface area (Å²) in [6, 6.07) is 3.70. The van der Waals surface area contributed by atoms with Crippen LogP contribution in [-0.2, 0) is 11.2 Å². The number of benzene rings is 1. The minimum absolute atomic E-state index is 0.0631. The van der Waals surface area contributed by atoms with Gasteiger partial charge in [0.15, 0.2) is 17.4 Å².